The minimum absolute atomic E-state index is 0.152. The Morgan fingerprint density at radius 3 is 3.00 bits per heavy atom. The number of rotatable bonds is 2. The highest BCUT2D eigenvalue weighted by atomic mass is 32.1. The third-order valence-corrected chi connectivity index (χ3v) is 3.10. The Labute approximate surface area is 86.1 Å². The first-order valence-electron chi connectivity index (χ1n) is 4.53. The molecule has 0 saturated heterocycles. The third kappa shape index (κ3) is 1.38. The maximum Gasteiger partial charge on any atom is 0.147 e. The Balaban J connectivity index is 2.67. The van der Waals surface area contributed by atoms with Crippen molar-refractivity contribution in [1.82, 2.24) is 0 Å². The van der Waals surface area contributed by atoms with Gasteiger partial charge in [-0.2, -0.15) is 0 Å². The molecule has 1 nitrogen and oxygen atoms in total. The van der Waals surface area contributed by atoms with Gasteiger partial charge in [0.05, 0.1) is 11.3 Å². The smallest absolute Gasteiger partial charge is 0.147 e. The zero-order valence-electron chi connectivity index (χ0n) is 8.13. The lowest BCUT2D eigenvalue weighted by molar-refractivity contribution is 0.336. The second-order valence-corrected chi connectivity index (χ2v) is 4.00. The van der Waals surface area contributed by atoms with Gasteiger partial charge in [-0.3, -0.25) is 0 Å². The molecule has 3 heteroatoms. The summed E-state index contributed by atoms with van der Waals surface area (Å²) in [4.78, 5) is 0. The van der Waals surface area contributed by atoms with E-state index in [9.17, 15) is 4.39 Å². The van der Waals surface area contributed by atoms with E-state index in [1.165, 1.54) is 11.3 Å². The van der Waals surface area contributed by atoms with E-state index >= 15 is 0 Å². The summed E-state index contributed by atoms with van der Waals surface area (Å²) >= 11 is 1.42. The first-order valence-corrected chi connectivity index (χ1v) is 5.41. The molecule has 2 aromatic rings. The van der Waals surface area contributed by atoms with Crippen molar-refractivity contribution in [3.8, 4) is 5.75 Å². The summed E-state index contributed by atoms with van der Waals surface area (Å²) in [6.07, 6.45) is 0. The van der Waals surface area contributed by atoms with Crippen LogP contribution in [0.2, 0.25) is 0 Å². The van der Waals surface area contributed by atoms with Crippen LogP contribution in [0.3, 0.4) is 0 Å². The Morgan fingerprint density at radius 1 is 1.50 bits per heavy atom. The number of benzene rings is 1. The fraction of sp³-hybridized carbons (Fsp3) is 0.273. The van der Waals surface area contributed by atoms with Crippen molar-refractivity contribution in [3.63, 3.8) is 0 Å². The number of thiophene rings is 1. The fourth-order valence-electron chi connectivity index (χ4n) is 1.44. The van der Waals surface area contributed by atoms with Crippen LogP contribution in [0.15, 0.2) is 17.5 Å². The van der Waals surface area contributed by atoms with Gasteiger partial charge in [0.15, 0.2) is 0 Å². The molecular weight excluding hydrogens is 199 g/mol. The number of hydrogen-bond donors (Lipinski definition) is 0. The van der Waals surface area contributed by atoms with Gasteiger partial charge in [0.25, 0.3) is 0 Å². The van der Waals surface area contributed by atoms with Crippen LogP contribution in [0.25, 0.3) is 10.1 Å². The van der Waals surface area contributed by atoms with Gasteiger partial charge >= 0.3 is 0 Å². The van der Waals surface area contributed by atoms with E-state index in [1.54, 1.807) is 6.92 Å². The Hall–Kier alpha value is -1.09. The molecule has 1 aromatic heterocycles. The normalized spacial score (nSPS) is 10.8. The van der Waals surface area contributed by atoms with Crippen LogP contribution in [0.5, 0.6) is 5.75 Å². The van der Waals surface area contributed by atoms with Gasteiger partial charge in [-0.15, -0.1) is 11.3 Å². The predicted molar refractivity (Wildman–Crippen MR) is 57.7 cm³/mol. The van der Waals surface area contributed by atoms with Crippen molar-refractivity contribution in [3.05, 3.63) is 28.9 Å². The summed E-state index contributed by atoms with van der Waals surface area (Å²) in [6.45, 7) is 4.21. The molecular formula is C11H11FOS. The van der Waals surface area contributed by atoms with Crippen LogP contribution in [-0.2, 0) is 0 Å². The highest BCUT2D eigenvalue weighted by Gasteiger charge is 2.11. The molecule has 0 spiro atoms. The minimum atomic E-state index is -0.152. The molecule has 0 atom stereocenters. The van der Waals surface area contributed by atoms with Crippen LogP contribution in [0.4, 0.5) is 4.39 Å². The molecule has 0 unspecified atom stereocenters. The van der Waals surface area contributed by atoms with E-state index in [2.05, 4.69) is 0 Å². The van der Waals surface area contributed by atoms with Crippen LogP contribution in [0, 0.1) is 12.7 Å². The van der Waals surface area contributed by atoms with E-state index < -0.39 is 0 Å². The monoisotopic (exact) mass is 210 g/mol. The Morgan fingerprint density at radius 2 is 2.29 bits per heavy atom. The number of ether oxygens (including phenoxy) is 1. The molecule has 0 bridgehead atoms. The Bertz CT molecular complexity index is 462. The summed E-state index contributed by atoms with van der Waals surface area (Å²) in [7, 11) is 0. The zero-order valence-corrected chi connectivity index (χ0v) is 8.95. The summed E-state index contributed by atoms with van der Waals surface area (Å²) in [5.74, 6) is 0.497. The first-order chi connectivity index (χ1) is 6.74. The largest absolute Gasteiger partial charge is 0.493 e. The van der Waals surface area contributed by atoms with Gasteiger partial charge in [-0.05, 0) is 36.7 Å². The predicted octanol–water partition coefficient (Wildman–Crippen LogP) is 3.75. The average Bonchev–Trinajstić information content (AvgIpc) is 2.62. The molecule has 0 aliphatic rings. The van der Waals surface area contributed by atoms with Crippen LogP contribution in [0.1, 0.15) is 12.5 Å². The van der Waals surface area contributed by atoms with E-state index in [0.29, 0.717) is 22.6 Å². The molecule has 0 fully saturated rings. The number of hydrogen-bond acceptors (Lipinski definition) is 2. The van der Waals surface area contributed by atoms with E-state index in [0.717, 1.165) is 5.39 Å². The van der Waals surface area contributed by atoms with Crippen molar-refractivity contribution in [1.29, 1.82) is 0 Å². The summed E-state index contributed by atoms with van der Waals surface area (Å²) in [5, 5.41) is 2.81. The molecule has 0 saturated carbocycles. The second-order valence-electron chi connectivity index (χ2n) is 3.09. The Kier molecular flexibility index (Phi) is 2.42. The maximum absolute atomic E-state index is 13.7. The minimum Gasteiger partial charge on any atom is -0.493 e. The molecule has 0 aliphatic heterocycles. The van der Waals surface area contributed by atoms with E-state index in [-0.39, 0.29) is 5.82 Å². The second kappa shape index (κ2) is 3.58. The summed E-state index contributed by atoms with van der Waals surface area (Å²) < 4.78 is 19.8. The highest BCUT2D eigenvalue weighted by molar-refractivity contribution is 7.17. The number of halogens is 1. The van der Waals surface area contributed by atoms with Crippen molar-refractivity contribution in [2.75, 3.05) is 6.61 Å². The first kappa shape index (κ1) is 9.46. The standard InChI is InChI=1S/C11H11FOS/c1-3-13-9-6-8-4-5-14-11(8)10(12)7(9)2/h4-6H,3H2,1-2H3. The molecule has 0 N–H and O–H groups in total. The summed E-state index contributed by atoms with van der Waals surface area (Å²) in [6, 6.07) is 3.80. The van der Waals surface area contributed by atoms with Gasteiger partial charge in [-0.1, -0.05) is 0 Å². The van der Waals surface area contributed by atoms with Crippen molar-refractivity contribution < 1.29 is 9.13 Å². The topological polar surface area (TPSA) is 9.23 Å². The number of fused-ring (bicyclic) bond motifs is 1. The lowest BCUT2D eigenvalue weighted by atomic mass is 10.1. The molecule has 2 rings (SSSR count). The van der Waals surface area contributed by atoms with Crippen molar-refractivity contribution in [2.24, 2.45) is 0 Å². The average molecular weight is 210 g/mol. The SMILES string of the molecule is CCOc1cc2ccsc2c(F)c1C. The van der Waals surface area contributed by atoms with Gasteiger partial charge in [0.1, 0.15) is 11.6 Å². The molecule has 74 valence electrons. The van der Waals surface area contributed by atoms with Crippen LogP contribution in [-0.4, -0.2) is 6.61 Å². The molecule has 0 radical (unpaired) electrons. The lowest BCUT2D eigenvalue weighted by Crippen LogP contribution is -1.95. The zero-order chi connectivity index (χ0) is 10.1. The fourth-order valence-corrected chi connectivity index (χ4v) is 2.31. The molecule has 1 heterocycles. The lowest BCUT2D eigenvalue weighted by Gasteiger charge is -2.08. The highest BCUT2D eigenvalue weighted by Crippen LogP contribution is 2.32. The van der Waals surface area contributed by atoms with Crippen LogP contribution >= 0.6 is 11.3 Å². The maximum atomic E-state index is 13.7. The third-order valence-electron chi connectivity index (χ3n) is 2.18. The van der Waals surface area contributed by atoms with Gasteiger partial charge in [0.2, 0.25) is 0 Å². The van der Waals surface area contributed by atoms with Crippen molar-refractivity contribution >= 4 is 21.4 Å². The van der Waals surface area contributed by atoms with E-state index in [1.807, 2.05) is 24.4 Å². The van der Waals surface area contributed by atoms with Crippen LogP contribution < -0.4 is 4.74 Å². The van der Waals surface area contributed by atoms with Gasteiger partial charge < -0.3 is 4.74 Å². The molecule has 0 amide bonds. The van der Waals surface area contributed by atoms with Crippen molar-refractivity contribution in [2.45, 2.75) is 13.8 Å². The quantitative estimate of drug-likeness (QED) is 0.733. The molecule has 0 aliphatic carbocycles. The molecule has 1 aromatic carbocycles. The van der Waals surface area contributed by atoms with Gasteiger partial charge in [0, 0.05) is 5.56 Å². The van der Waals surface area contributed by atoms with Gasteiger partial charge in [-0.25, -0.2) is 4.39 Å². The van der Waals surface area contributed by atoms with E-state index in [4.69, 9.17) is 4.74 Å². The molecule has 14 heavy (non-hydrogen) atoms. The summed E-state index contributed by atoms with van der Waals surface area (Å²) in [5.41, 5.74) is 0.599.